The van der Waals surface area contributed by atoms with Gasteiger partial charge in [0.1, 0.15) is 6.04 Å². The van der Waals surface area contributed by atoms with Gasteiger partial charge in [-0.3, -0.25) is 9.59 Å². The fourth-order valence-electron chi connectivity index (χ4n) is 3.89. The smallest absolute Gasteiger partial charge is 0.328 e. The van der Waals surface area contributed by atoms with E-state index in [4.69, 9.17) is 14.2 Å². The van der Waals surface area contributed by atoms with E-state index in [1.54, 1.807) is 4.90 Å². The highest BCUT2D eigenvalue weighted by molar-refractivity contribution is 5.94. The van der Waals surface area contributed by atoms with Crippen LogP contribution in [0.1, 0.15) is 39.5 Å². The van der Waals surface area contributed by atoms with Crippen LogP contribution in [0.25, 0.3) is 0 Å². The Hall–Kier alpha value is -1.67. The van der Waals surface area contributed by atoms with E-state index in [2.05, 4.69) is 0 Å². The van der Waals surface area contributed by atoms with Crippen molar-refractivity contribution in [1.82, 2.24) is 9.80 Å². The number of piperidine rings is 1. The summed E-state index contributed by atoms with van der Waals surface area (Å²) in [5.41, 5.74) is 0. The molecule has 0 N–H and O–H groups in total. The highest BCUT2D eigenvalue weighted by Gasteiger charge is 2.54. The fraction of sp³-hybridized carbons (Fsp3) is 0.833. The van der Waals surface area contributed by atoms with Crippen LogP contribution in [-0.4, -0.2) is 78.9 Å². The number of hydrogen-bond acceptors (Lipinski definition) is 6. The van der Waals surface area contributed by atoms with Gasteiger partial charge in [-0.15, -0.1) is 0 Å². The summed E-state index contributed by atoms with van der Waals surface area (Å²) in [5, 5.41) is 0. The summed E-state index contributed by atoms with van der Waals surface area (Å²) in [5.74, 6) is -0.803. The first-order chi connectivity index (χ1) is 12.4. The Morgan fingerprint density at radius 2 is 1.88 bits per heavy atom. The maximum absolute atomic E-state index is 13.0. The van der Waals surface area contributed by atoms with Crippen molar-refractivity contribution in [3.63, 3.8) is 0 Å². The molecule has 3 rings (SSSR count). The standard InChI is InChI=1S/C18H28N2O6/c1-11(2)9-12(18(23)24-3)20-10-13-25-14(15(26-13)17(20)22)16(21)19-7-5-4-6-8-19/h11-15H,4-10H2,1-3H3/t12-,13-,14-,15+/m0/s1. The SMILES string of the molecule is COC(=O)[C@H](CC(C)C)N1C[C@H]2O[C@H](C(=O)N3CCCCC3)[C@@H](O2)C1=O. The van der Waals surface area contributed by atoms with E-state index in [0.29, 0.717) is 19.5 Å². The first-order valence-electron chi connectivity index (χ1n) is 9.40. The number of morpholine rings is 1. The summed E-state index contributed by atoms with van der Waals surface area (Å²) in [6.07, 6.45) is 0.938. The number of carbonyl (C=O) groups is 3. The van der Waals surface area contributed by atoms with Gasteiger partial charge in [-0.05, 0) is 31.6 Å². The quantitative estimate of drug-likeness (QED) is 0.659. The van der Waals surface area contributed by atoms with Gasteiger partial charge < -0.3 is 24.0 Å². The fourth-order valence-corrected chi connectivity index (χ4v) is 3.89. The number of esters is 1. The molecule has 26 heavy (non-hydrogen) atoms. The number of amides is 2. The van der Waals surface area contributed by atoms with Crippen LogP contribution in [0.15, 0.2) is 0 Å². The lowest BCUT2D eigenvalue weighted by Gasteiger charge is -2.36. The second-order valence-electron chi connectivity index (χ2n) is 7.59. The number of rotatable bonds is 5. The molecule has 2 amide bonds. The molecule has 2 bridgehead atoms. The van der Waals surface area contributed by atoms with E-state index in [0.717, 1.165) is 19.3 Å². The first-order valence-corrected chi connectivity index (χ1v) is 9.40. The summed E-state index contributed by atoms with van der Waals surface area (Å²) in [7, 11) is 1.31. The molecule has 3 aliphatic heterocycles. The Balaban J connectivity index is 1.75. The molecule has 3 fully saturated rings. The van der Waals surface area contributed by atoms with Crippen molar-refractivity contribution in [3.8, 4) is 0 Å². The second-order valence-corrected chi connectivity index (χ2v) is 7.59. The van der Waals surface area contributed by atoms with Gasteiger partial charge >= 0.3 is 5.97 Å². The predicted molar refractivity (Wildman–Crippen MR) is 90.9 cm³/mol. The number of ether oxygens (including phenoxy) is 3. The lowest BCUT2D eigenvalue weighted by Crippen LogP contribution is -2.57. The third kappa shape index (κ3) is 3.71. The number of methoxy groups -OCH3 is 1. The molecule has 0 aliphatic carbocycles. The van der Waals surface area contributed by atoms with E-state index in [1.165, 1.54) is 12.0 Å². The van der Waals surface area contributed by atoms with E-state index in [9.17, 15) is 14.4 Å². The summed E-state index contributed by atoms with van der Waals surface area (Å²) in [4.78, 5) is 41.2. The molecule has 3 aliphatic rings. The van der Waals surface area contributed by atoms with Crippen LogP contribution in [-0.2, 0) is 28.6 Å². The monoisotopic (exact) mass is 368 g/mol. The Labute approximate surface area is 153 Å². The molecule has 0 saturated carbocycles. The highest BCUT2D eigenvalue weighted by atomic mass is 16.7. The zero-order valence-electron chi connectivity index (χ0n) is 15.7. The van der Waals surface area contributed by atoms with E-state index in [1.807, 2.05) is 13.8 Å². The molecule has 8 heteroatoms. The van der Waals surface area contributed by atoms with Gasteiger partial charge in [-0.2, -0.15) is 0 Å². The average Bonchev–Trinajstić information content (AvgIpc) is 3.01. The predicted octanol–water partition coefficient (Wildman–Crippen LogP) is 0.539. The summed E-state index contributed by atoms with van der Waals surface area (Å²) < 4.78 is 16.2. The van der Waals surface area contributed by atoms with Crippen molar-refractivity contribution in [2.45, 2.75) is 64.1 Å². The number of nitrogens with zero attached hydrogens (tertiary/aromatic N) is 2. The van der Waals surface area contributed by atoms with Crippen molar-refractivity contribution in [3.05, 3.63) is 0 Å². The van der Waals surface area contributed by atoms with Gasteiger partial charge in [0.2, 0.25) is 0 Å². The van der Waals surface area contributed by atoms with Crippen molar-refractivity contribution in [2.75, 3.05) is 26.7 Å². The van der Waals surface area contributed by atoms with E-state index in [-0.39, 0.29) is 24.3 Å². The molecule has 3 heterocycles. The van der Waals surface area contributed by atoms with Gasteiger partial charge in [-0.25, -0.2) is 4.79 Å². The lowest BCUT2D eigenvalue weighted by molar-refractivity contribution is -0.174. The van der Waals surface area contributed by atoms with Gasteiger partial charge in [0.05, 0.1) is 13.7 Å². The summed E-state index contributed by atoms with van der Waals surface area (Å²) >= 11 is 0. The van der Waals surface area contributed by atoms with Crippen LogP contribution in [0.3, 0.4) is 0 Å². The maximum Gasteiger partial charge on any atom is 0.328 e. The Kier molecular flexibility index (Phi) is 5.82. The van der Waals surface area contributed by atoms with Crippen LogP contribution in [0.4, 0.5) is 0 Å². The third-order valence-corrected chi connectivity index (χ3v) is 5.20. The molecule has 0 aromatic heterocycles. The van der Waals surface area contributed by atoms with E-state index < -0.39 is 30.5 Å². The Morgan fingerprint density at radius 3 is 2.50 bits per heavy atom. The molecule has 0 aromatic carbocycles. The molecule has 4 atom stereocenters. The number of carbonyl (C=O) groups excluding carboxylic acids is 3. The first kappa shape index (κ1) is 19.1. The normalized spacial score (nSPS) is 29.8. The highest BCUT2D eigenvalue weighted by Crippen LogP contribution is 2.31. The van der Waals surface area contributed by atoms with Crippen LogP contribution >= 0.6 is 0 Å². The molecule has 3 saturated heterocycles. The number of fused-ring (bicyclic) bond motifs is 2. The zero-order chi connectivity index (χ0) is 18.8. The molecular weight excluding hydrogens is 340 g/mol. The minimum Gasteiger partial charge on any atom is -0.467 e. The topological polar surface area (TPSA) is 85.4 Å². The molecule has 146 valence electrons. The minimum atomic E-state index is -0.984. The van der Waals surface area contributed by atoms with Crippen molar-refractivity contribution in [1.29, 1.82) is 0 Å². The van der Waals surface area contributed by atoms with Crippen LogP contribution < -0.4 is 0 Å². The summed E-state index contributed by atoms with van der Waals surface area (Å²) in [6.45, 7) is 5.47. The van der Waals surface area contributed by atoms with Crippen LogP contribution in [0, 0.1) is 5.92 Å². The molecule has 0 spiro atoms. The number of likely N-dealkylation sites (tertiary alicyclic amines) is 1. The second kappa shape index (κ2) is 7.92. The van der Waals surface area contributed by atoms with Gasteiger partial charge in [0.15, 0.2) is 18.5 Å². The maximum atomic E-state index is 13.0. The molecule has 0 radical (unpaired) electrons. The van der Waals surface area contributed by atoms with Gasteiger partial charge in [0, 0.05) is 13.1 Å². The Morgan fingerprint density at radius 1 is 1.19 bits per heavy atom. The van der Waals surface area contributed by atoms with Crippen LogP contribution in [0.2, 0.25) is 0 Å². The van der Waals surface area contributed by atoms with Crippen LogP contribution in [0.5, 0.6) is 0 Å². The molecule has 8 nitrogen and oxygen atoms in total. The summed E-state index contributed by atoms with van der Waals surface area (Å²) in [6, 6.07) is -0.686. The van der Waals surface area contributed by atoms with Gasteiger partial charge in [0.25, 0.3) is 11.8 Å². The van der Waals surface area contributed by atoms with Crippen molar-refractivity contribution >= 4 is 17.8 Å². The van der Waals surface area contributed by atoms with E-state index >= 15 is 0 Å². The average molecular weight is 368 g/mol. The third-order valence-electron chi connectivity index (χ3n) is 5.20. The minimum absolute atomic E-state index is 0.131. The Bertz CT molecular complexity index is 560. The van der Waals surface area contributed by atoms with Crippen molar-refractivity contribution < 1.29 is 28.6 Å². The largest absolute Gasteiger partial charge is 0.467 e. The van der Waals surface area contributed by atoms with Gasteiger partial charge in [-0.1, -0.05) is 13.8 Å². The molecule has 0 aromatic rings. The molecular formula is C18H28N2O6. The number of hydrogen-bond donors (Lipinski definition) is 0. The lowest BCUT2D eigenvalue weighted by atomic mass is 10.0. The van der Waals surface area contributed by atoms with Crippen molar-refractivity contribution in [2.24, 2.45) is 5.92 Å². The molecule has 0 unspecified atom stereocenters. The zero-order valence-corrected chi connectivity index (χ0v) is 15.7.